The molecule has 7 atom stereocenters. The fraction of sp³-hybridized carbons (Fsp3) is 0.773. The van der Waals surface area contributed by atoms with Gasteiger partial charge in [0.2, 0.25) is 0 Å². The first kappa shape index (κ1) is 18.1. The Morgan fingerprint density at radius 2 is 1.88 bits per heavy atom. The molecule has 0 spiro atoms. The van der Waals surface area contributed by atoms with Gasteiger partial charge in [-0.3, -0.25) is 14.4 Å². The van der Waals surface area contributed by atoms with Gasteiger partial charge in [-0.2, -0.15) is 0 Å². The van der Waals surface area contributed by atoms with Crippen molar-refractivity contribution < 1.29 is 18.8 Å². The van der Waals surface area contributed by atoms with E-state index in [1.807, 2.05) is 13.8 Å². The van der Waals surface area contributed by atoms with Crippen molar-refractivity contribution in [3.8, 4) is 0 Å². The number of carbonyl (C=O) groups excluding carboxylic acids is 3. The molecular weight excluding hydrogens is 331 g/mol. The first-order valence-corrected chi connectivity index (χ1v) is 10.0. The number of alkyl halides is 1. The van der Waals surface area contributed by atoms with Crippen LogP contribution in [0.5, 0.6) is 0 Å². The smallest absolute Gasteiger partial charge is 0.180 e. The zero-order chi connectivity index (χ0) is 19.1. The molecule has 0 N–H and O–H groups in total. The number of fused-ring (bicyclic) bond motifs is 5. The summed E-state index contributed by atoms with van der Waals surface area (Å²) in [6.45, 7) is 7.58. The molecule has 26 heavy (non-hydrogen) atoms. The Labute approximate surface area is 154 Å². The van der Waals surface area contributed by atoms with Crippen molar-refractivity contribution in [1.29, 1.82) is 0 Å². The Balaban J connectivity index is 1.84. The standard InChI is InChI=1S/C22H29FO3/c1-12-9-18-16-6-5-15(13(2)24)20(16,3)11-19(26)22(18,23)21(4)8-7-14(25)10-17(12)21/h10,12,15-16,18H,5-9,11H2,1-4H3. The van der Waals surface area contributed by atoms with Gasteiger partial charge in [0.25, 0.3) is 0 Å². The van der Waals surface area contributed by atoms with Gasteiger partial charge in [0, 0.05) is 30.1 Å². The van der Waals surface area contributed by atoms with E-state index in [2.05, 4.69) is 6.92 Å². The number of halogens is 1. The first-order valence-electron chi connectivity index (χ1n) is 10.0. The second kappa shape index (κ2) is 5.36. The fourth-order valence-corrected chi connectivity index (χ4v) is 7.36. The van der Waals surface area contributed by atoms with Crippen molar-refractivity contribution in [2.24, 2.45) is 34.5 Å². The molecule has 142 valence electrons. The number of hydrogen-bond donors (Lipinski definition) is 0. The molecule has 3 nitrogen and oxygen atoms in total. The molecule has 4 heteroatoms. The Morgan fingerprint density at radius 1 is 1.19 bits per heavy atom. The maximum atomic E-state index is 16.8. The lowest BCUT2D eigenvalue weighted by Gasteiger charge is -2.61. The van der Waals surface area contributed by atoms with Crippen LogP contribution in [0.4, 0.5) is 4.39 Å². The molecule has 4 aliphatic rings. The molecule has 0 aliphatic heterocycles. The minimum Gasteiger partial charge on any atom is -0.300 e. The van der Waals surface area contributed by atoms with Crippen LogP contribution >= 0.6 is 0 Å². The molecule has 0 bridgehead atoms. The maximum Gasteiger partial charge on any atom is 0.180 e. The highest BCUT2D eigenvalue weighted by atomic mass is 19.1. The largest absolute Gasteiger partial charge is 0.300 e. The van der Waals surface area contributed by atoms with E-state index in [9.17, 15) is 14.4 Å². The summed E-state index contributed by atoms with van der Waals surface area (Å²) in [4.78, 5) is 37.5. The lowest BCUT2D eigenvalue weighted by Crippen LogP contribution is -2.66. The topological polar surface area (TPSA) is 51.2 Å². The summed E-state index contributed by atoms with van der Waals surface area (Å²) in [7, 11) is 0. The van der Waals surface area contributed by atoms with E-state index < -0.39 is 16.5 Å². The third-order valence-electron chi connectivity index (χ3n) is 8.61. The minimum absolute atomic E-state index is 0.0528. The zero-order valence-corrected chi connectivity index (χ0v) is 16.2. The maximum absolute atomic E-state index is 16.8. The molecule has 7 unspecified atom stereocenters. The minimum atomic E-state index is -1.90. The third kappa shape index (κ3) is 1.96. The normalized spacial score (nSPS) is 50.6. The van der Waals surface area contributed by atoms with E-state index in [1.54, 1.807) is 13.0 Å². The Kier molecular flexibility index (Phi) is 3.72. The van der Waals surface area contributed by atoms with Crippen LogP contribution in [0.1, 0.15) is 66.2 Å². The van der Waals surface area contributed by atoms with E-state index in [1.165, 1.54) is 0 Å². The second-order valence-electron chi connectivity index (χ2n) is 9.81. The summed E-state index contributed by atoms with van der Waals surface area (Å²) in [5.41, 5.74) is -2.35. The molecule has 4 aliphatic carbocycles. The van der Waals surface area contributed by atoms with Crippen LogP contribution in [0.15, 0.2) is 11.6 Å². The van der Waals surface area contributed by atoms with Crippen LogP contribution < -0.4 is 0 Å². The SMILES string of the molecule is CC(=O)C1CCC2C3CC(C)C4=CC(=O)CCC4(C)C3(F)C(=O)CC12C. The predicted octanol–water partition coefficient (Wildman–Crippen LogP) is 4.24. The van der Waals surface area contributed by atoms with Crippen molar-refractivity contribution in [1.82, 2.24) is 0 Å². The molecule has 0 aromatic carbocycles. The third-order valence-corrected chi connectivity index (χ3v) is 8.61. The van der Waals surface area contributed by atoms with Gasteiger partial charge in [0.05, 0.1) is 0 Å². The van der Waals surface area contributed by atoms with Crippen LogP contribution in [-0.4, -0.2) is 23.0 Å². The van der Waals surface area contributed by atoms with Gasteiger partial charge in [-0.05, 0) is 55.9 Å². The molecule has 0 amide bonds. The van der Waals surface area contributed by atoms with Crippen molar-refractivity contribution in [2.75, 3.05) is 0 Å². The molecule has 0 aromatic rings. The molecule has 0 saturated heterocycles. The molecule has 4 rings (SSSR count). The zero-order valence-electron chi connectivity index (χ0n) is 16.2. The van der Waals surface area contributed by atoms with E-state index >= 15 is 4.39 Å². The molecular formula is C22H29FO3. The number of allylic oxidation sites excluding steroid dienone is 1. The van der Waals surface area contributed by atoms with E-state index in [4.69, 9.17) is 0 Å². The summed E-state index contributed by atoms with van der Waals surface area (Å²) in [5, 5.41) is 0. The second-order valence-corrected chi connectivity index (χ2v) is 9.81. The fourth-order valence-electron chi connectivity index (χ4n) is 7.36. The average Bonchev–Trinajstić information content (AvgIpc) is 2.89. The molecule has 0 heterocycles. The van der Waals surface area contributed by atoms with Gasteiger partial charge in [0.1, 0.15) is 5.78 Å². The van der Waals surface area contributed by atoms with Crippen LogP contribution in [0, 0.1) is 34.5 Å². The van der Waals surface area contributed by atoms with Gasteiger partial charge in [0.15, 0.2) is 17.2 Å². The van der Waals surface area contributed by atoms with Crippen LogP contribution in [0.2, 0.25) is 0 Å². The molecule has 3 saturated carbocycles. The van der Waals surface area contributed by atoms with Gasteiger partial charge in [-0.1, -0.05) is 26.3 Å². The van der Waals surface area contributed by atoms with Crippen LogP contribution in [-0.2, 0) is 14.4 Å². The van der Waals surface area contributed by atoms with E-state index in [0.717, 1.165) is 18.4 Å². The van der Waals surface area contributed by atoms with Crippen molar-refractivity contribution >= 4 is 17.3 Å². The van der Waals surface area contributed by atoms with Crippen LogP contribution in [0.25, 0.3) is 0 Å². The monoisotopic (exact) mass is 360 g/mol. The molecule has 0 radical (unpaired) electrons. The van der Waals surface area contributed by atoms with E-state index in [0.29, 0.717) is 19.3 Å². The lowest BCUT2D eigenvalue weighted by molar-refractivity contribution is -0.176. The summed E-state index contributed by atoms with van der Waals surface area (Å²) < 4.78 is 16.8. The highest BCUT2D eigenvalue weighted by Crippen LogP contribution is 2.69. The summed E-state index contributed by atoms with van der Waals surface area (Å²) >= 11 is 0. The van der Waals surface area contributed by atoms with E-state index in [-0.39, 0.29) is 47.4 Å². The molecule has 3 fully saturated rings. The van der Waals surface area contributed by atoms with Gasteiger partial charge >= 0.3 is 0 Å². The predicted molar refractivity (Wildman–Crippen MR) is 96.2 cm³/mol. The summed E-state index contributed by atoms with van der Waals surface area (Å²) in [6, 6.07) is 0. The van der Waals surface area contributed by atoms with Gasteiger partial charge in [-0.25, -0.2) is 4.39 Å². The number of Topliss-reactive ketones (excluding diaryl/α,β-unsaturated/α-hetero) is 2. The van der Waals surface area contributed by atoms with Crippen molar-refractivity contribution in [2.45, 2.75) is 71.9 Å². The number of carbonyl (C=O) groups is 3. The first-order chi connectivity index (χ1) is 12.1. The van der Waals surface area contributed by atoms with Crippen molar-refractivity contribution in [3.05, 3.63) is 11.6 Å². The van der Waals surface area contributed by atoms with Crippen LogP contribution in [0.3, 0.4) is 0 Å². The lowest BCUT2D eigenvalue weighted by atomic mass is 9.43. The van der Waals surface area contributed by atoms with Gasteiger partial charge < -0.3 is 0 Å². The highest BCUT2D eigenvalue weighted by Gasteiger charge is 2.72. The number of rotatable bonds is 1. The van der Waals surface area contributed by atoms with Crippen molar-refractivity contribution in [3.63, 3.8) is 0 Å². The quantitative estimate of drug-likeness (QED) is 0.703. The highest BCUT2D eigenvalue weighted by molar-refractivity contribution is 5.96. The Bertz CT molecular complexity index is 740. The Hall–Kier alpha value is -1.32. The number of ketones is 3. The summed E-state index contributed by atoms with van der Waals surface area (Å²) in [6.07, 6.45) is 4.70. The number of hydrogen-bond acceptors (Lipinski definition) is 3. The summed E-state index contributed by atoms with van der Waals surface area (Å²) in [5.74, 6) is -0.450. The average molecular weight is 360 g/mol. The molecule has 0 aromatic heterocycles. The van der Waals surface area contributed by atoms with Gasteiger partial charge in [-0.15, -0.1) is 0 Å². The Morgan fingerprint density at radius 3 is 2.54 bits per heavy atom.